The highest BCUT2D eigenvalue weighted by molar-refractivity contribution is 6.74. The van der Waals surface area contributed by atoms with Gasteiger partial charge in [0.15, 0.2) is 8.32 Å². The summed E-state index contributed by atoms with van der Waals surface area (Å²) in [6.45, 7) is 21.3. The quantitative estimate of drug-likeness (QED) is 0.372. The lowest BCUT2D eigenvalue weighted by Crippen LogP contribution is -2.64. The first kappa shape index (κ1) is 22.5. The Kier molecular flexibility index (Phi) is 5.20. The maximum atomic E-state index is 6.82. The van der Waals surface area contributed by atoms with Crippen LogP contribution in [-0.2, 0) is 15.7 Å². The highest BCUT2D eigenvalue weighted by Gasteiger charge is 2.66. The Balaban J connectivity index is 1.49. The number of aromatic nitrogens is 2. The first-order valence-corrected chi connectivity index (χ1v) is 14.9. The molecule has 4 nitrogen and oxygen atoms in total. The second kappa shape index (κ2) is 6.92. The molecule has 0 spiro atoms. The SMILES string of the molecule is Cc1ccnn1CC12CC3(C)CC(C)(C1)CC(OCCO[Si](C)(C)C(C)(C)C)(C3)C2. The van der Waals surface area contributed by atoms with Crippen LogP contribution in [0.25, 0.3) is 0 Å². The van der Waals surface area contributed by atoms with Crippen LogP contribution in [0.1, 0.15) is 78.8 Å². The van der Waals surface area contributed by atoms with Gasteiger partial charge in [-0.3, -0.25) is 4.68 Å². The zero-order chi connectivity index (χ0) is 22.1. The third kappa shape index (κ3) is 4.06. The third-order valence-corrected chi connectivity index (χ3v) is 13.4. The van der Waals surface area contributed by atoms with Gasteiger partial charge in [-0.05, 0) is 85.9 Å². The van der Waals surface area contributed by atoms with Gasteiger partial charge in [0.25, 0.3) is 0 Å². The van der Waals surface area contributed by atoms with E-state index in [1.165, 1.54) is 44.2 Å². The summed E-state index contributed by atoms with van der Waals surface area (Å²) in [5.74, 6) is 0. The normalized spacial score (nSPS) is 38.4. The molecule has 4 saturated carbocycles. The predicted molar refractivity (Wildman–Crippen MR) is 125 cm³/mol. The average Bonchev–Trinajstić information content (AvgIpc) is 2.91. The molecule has 4 aliphatic rings. The van der Waals surface area contributed by atoms with Gasteiger partial charge in [-0.25, -0.2) is 0 Å². The van der Waals surface area contributed by atoms with Crippen molar-refractivity contribution in [1.29, 1.82) is 0 Å². The zero-order valence-electron chi connectivity index (χ0n) is 20.7. The zero-order valence-corrected chi connectivity index (χ0v) is 21.7. The molecule has 0 radical (unpaired) electrons. The summed E-state index contributed by atoms with van der Waals surface area (Å²) < 4.78 is 15.5. The van der Waals surface area contributed by atoms with E-state index in [9.17, 15) is 0 Å². The number of hydrogen-bond acceptors (Lipinski definition) is 3. The molecule has 0 saturated heterocycles. The molecule has 2 unspecified atom stereocenters. The Morgan fingerprint density at radius 2 is 1.63 bits per heavy atom. The molecule has 30 heavy (non-hydrogen) atoms. The second-order valence-corrected chi connectivity index (χ2v) is 18.3. The molecule has 0 amide bonds. The fourth-order valence-electron chi connectivity index (χ4n) is 7.80. The van der Waals surface area contributed by atoms with Crippen molar-refractivity contribution in [2.75, 3.05) is 13.2 Å². The van der Waals surface area contributed by atoms with Crippen LogP contribution in [0.2, 0.25) is 18.1 Å². The molecular weight excluding hydrogens is 388 g/mol. The molecule has 2 atom stereocenters. The van der Waals surface area contributed by atoms with Crippen molar-refractivity contribution >= 4 is 8.32 Å². The fourth-order valence-corrected chi connectivity index (χ4v) is 8.83. The summed E-state index contributed by atoms with van der Waals surface area (Å²) >= 11 is 0. The molecule has 5 heteroatoms. The van der Waals surface area contributed by atoms with Gasteiger partial charge in [0.2, 0.25) is 0 Å². The van der Waals surface area contributed by atoms with E-state index in [4.69, 9.17) is 9.16 Å². The number of aryl methyl sites for hydroxylation is 1. The molecule has 0 N–H and O–H groups in total. The van der Waals surface area contributed by atoms with Gasteiger partial charge in [0.05, 0.1) is 18.8 Å². The molecule has 5 rings (SSSR count). The van der Waals surface area contributed by atoms with E-state index in [0.717, 1.165) is 19.8 Å². The van der Waals surface area contributed by atoms with Crippen LogP contribution in [-0.4, -0.2) is 36.9 Å². The van der Waals surface area contributed by atoms with E-state index in [0.29, 0.717) is 16.2 Å². The Morgan fingerprint density at radius 3 is 2.17 bits per heavy atom. The molecule has 170 valence electrons. The number of hydrogen-bond donors (Lipinski definition) is 0. The van der Waals surface area contributed by atoms with Crippen molar-refractivity contribution < 1.29 is 9.16 Å². The van der Waals surface area contributed by atoms with Crippen LogP contribution < -0.4 is 0 Å². The smallest absolute Gasteiger partial charge is 0.192 e. The van der Waals surface area contributed by atoms with Gasteiger partial charge in [0.1, 0.15) is 0 Å². The monoisotopic (exact) mass is 432 g/mol. The Morgan fingerprint density at radius 1 is 1.00 bits per heavy atom. The summed E-state index contributed by atoms with van der Waals surface area (Å²) in [5, 5.41) is 4.90. The molecule has 1 heterocycles. The minimum absolute atomic E-state index is 0.0239. The van der Waals surface area contributed by atoms with Crippen molar-refractivity contribution in [3.8, 4) is 0 Å². The van der Waals surface area contributed by atoms with Crippen LogP contribution in [0.4, 0.5) is 0 Å². The molecule has 1 aromatic heterocycles. The van der Waals surface area contributed by atoms with Gasteiger partial charge in [-0.1, -0.05) is 34.6 Å². The number of nitrogens with zero attached hydrogens (tertiary/aromatic N) is 2. The highest BCUT2D eigenvalue weighted by atomic mass is 28.4. The van der Waals surface area contributed by atoms with Crippen molar-refractivity contribution in [3.63, 3.8) is 0 Å². The summed E-state index contributed by atoms with van der Waals surface area (Å²) in [5.41, 5.74) is 2.40. The lowest BCUT2D eigenvalue weighted by molar-refractivity contribution is -0.249. The van der Waals surface area contributed by atoms with Crippen LogP contribution >= 0.6 is 0 Å². The van der Waals surface area contributed by atoms with Crippen molar-refractivity contribution in [2.24, 2.45) is 16.2 Å². The lowest BCUT2D eigenvalue weighted by Gasteiger charge is -2.69. The number of rotatable bonds is 7. The second-order valence-electron chi connectivity index (χ2n) is 13.5. The van der Waals surface area contributed by atoms with E-state index in [1.807, 2.05) is 6.20 Å². The molecule has 1 aromatic rings. The van der Waals surface area contributed by atoms with Crippen molar-refractivity contribution in [1.82, 2.24) is 9.78 Å². The summed E-state index contributed by atoms with van der Waals surface area (Å²) in [7, 11) is -1.72. The number of ether oxygens (including phenoxy) is 1. The maximum absolute atomic E-state index is 6.82. The van der Waals surface area contributed by atoms with Crippen LogP contribution in [0.15, 0.2) is 12.3 Å². The van der Waals surface area contributed by atoms with Crippen LogP contribution in [0.5, 0.6) is 0 Å². The summed E-state index contributed by atoms with van der Waals surface area (Å²) in [6.07, 6.45) is 9.56. The van der Waals surface area contributed by atoms with Gasteiger partial charge >= 0.3 is 0 Å². The summed E-state index contributed by atoms with van der Waals surface area (Å²) in [6, 6.07) is 2.13. The Labute approximate surface area is 185 Å². The molecule has 0 aromatic carbocycles. The van der Waals surface area contributed by atoms with Crippen molar-refractivity contribution in [2.45, 2.75) is 110 Å². The molecule has 4 fully saturated rings. The third-order valence-electron chi connectivity index (χ3n) is 8.83. The average molecular weight is 433 g/mol. The minimum Gasteiger partial charge on any atom is -0.414 e. The highest BCUT2D eigenvalue weighted by Crippen LogP contribution is 2.72. The first-order valence-electron chi connectivity index (χ1n) is 12.0. The van der Waals surface area contributed by atoms with Gasteiger partial charge in [-0.15, -0.1) is 0 Å². The predicted octanol–water partition coefficient (Wildman–Crippen LogP) is 6.35. The maximum Gasteiger partial charge on any atom is 0.192 e. The molecule has 0 aliphatic heterocycles. The van der Waals surface area contributed by atoms with Crippen LogP contribution in [0.3, 0.4) is 0 Å². The standard InChI is InChI=1S/C25H44N2O2Si/c1-20-9-10-26-27(20)19-24-14-22(5)13-23(6,15-24)17-25(16-22,18-24)28-11-12-29-30(7,8)21(2,3)4/h9-10H,11-19H2,1-8H3. The van der Waals surface area contributed by atoms with E-state index in [-0.39, 0.29) is 10.6 Å². The van der Waals surface area contributed by atoms with E-state index in [1.54, 1.807) is 0 Å². The summed E-state index contributed by atoms with van der Waals surface area (Å²) in [4.78, 5) is 0. The molecule has 4 bridgehead atoms. The van der Waals surface area contributed by atoms with E-state index in [2.05, 4.69) is 70.5 Å². The largest absolute Gasteiger partial charge is 0.414 e. The minimum atomic E-state index is -1.72. The van der Waals surface area contributed by atoms with Crippen LogP contribution in [0, 0.1) is 23.2 Å². The first-order chi connectivity index (χ1) is 13.7. The van der Waals surface area contributed by atoms with Gasteiger partial charge < -0.3 is 9.16 Å². The molecular formula is C25H44N2O2Si. The lowest BCUT2D eigenvalue weighted by atomic mass is 9.39. The topological polar surface area (TPSA) is 36.3 Å². The van der Waals surface area contributed by atoms with Gasteiger partial charge in [-0.2, -0.15) is 5.10 Å². The van der Waals surface area contributed by atoms with E-state index >= 15 is 0 Å². The van der Waals surface area contributed by atoms with E-state index < -0.39 is 8.32 Å². The Bertz CT molecular complexity index is 775. The molecule has 4 aliphatic carbocycles. The fraction of sp³-hybridized carbons (Fsp3) is 0.880. The van der Waals surface area contributed by atoms with Gasteiger partial charge in [0, 0.05) is 18.4 Å². The Hall–Kier alpha value is -0.653. The van der Waals surface area contributed by atoms with Crippen molar-refractivity contribution in [3.05, 3.63) is 18.0 Å².